The number of anilines is 1. The molecular formula is C18H14N2O3S. The third-order valence-corrected chi connectivity index (χ3v) is 4.24. The van der Waals surface area contributed by atoms with Gasteiger partial charge in [-0.1, -0.05) is 41.7 Å². The normalized spacial score (nSPS) is 10.9. The molecule has 2 aromatic heterocycles. The summed E-state index contributed by atoms with van der Waals surface area (Å²) in [5, 5.41) is 3.06. The van der Waals surface area contributed by atoms with Crippen molar-refractivity contribution in [2.75, 3.05) is 5.32 Å². The topological polar surface area (TPSA) is 72.2 Å². The number of nitrogens with zero attached hydrogens (tertiary/aromatic N) is 1. The number of Topliss-reactive ketones (excluding diaryl/α,β-unsaturated/α-hetero) is 1. The van der Waals surface area contributed by atoms with Gasteiger partial charge in [0.25, 0.3) is 0 Å². The first-order valence-electron chi connectivity index (χ1n) is 7.23. The molecule has 24 heavy (non-hydrogen) atoms. The molecule has 0 aliphatic heterocycles. The lowest BCUT2D eigenvalue weighted by atomic mass is 10.1. The Kier molecular flexibility index (Phi) is 4.67. The molecule has 0 atom stereocenters. The Balaban J connectivity index is 1.82. The Morgan fingerprint density at radius 2 is 1.96 bits per heavy atom. The standard InChI is InChI=1S/C18H14N2O3S/c1-12(21)17-16(13-6-3-2-4-7-13)20-18(24-17)19-15(22)10-9-14-8-5-11-23-14/h2-11H,1H3,(H,19,20,22). The average Bonchev–Trinajstić information content (AvgIpc) is 3.23. The van der Waals surface area contributed by atoms with Gasteiger partial charge in [-0.15, -0.1) is 0 Å². The molecule has 3 aromatic rings. The fraction of sp³-hybridized carbons (Fsp3) is 0.0556. The number of furan rings is 1. The van der Waals surface area contributed by atoms with Gasteiger partial charge >= 0.3 is 0 Å². The third-order valence-electron chi connectivity index (χ3n) is 3.17. The van der Waals surface area contributed by atoms with Gasteiger partial charge in [-0.3, -0.25) is 14.9 Å². The lowest BCUT2D eigenvalue weighted by molar-refractivity contribution is -0.111. The van der Waals surface area contributed by atoms with Gasteiger partial charge in [-0.2, -0.15) is 0 Å². The Morgan fingerprint density at radius 1 is 1.17 bits per heavy atom. The number of ketones is 1. The molecule has 0 spiro atoms. The molecule has 0 fully saturated rings. The third kappa shape index (κ3) is 3.67. The van der Waals surface area contributed by atoms with Crippen molar-refractivity contribution in [3.63, 3.8) is 0 Å². The van der Waals surface area contributed by atoms with E-state index in [1.54, 1.807) is 18.2 Å². The zero-order valence-corrected chi connectivity index (χ0v) is 13.7. The van der Waals surface area contributed by atoms with E-state index in [1.165, 1.54) is 19.3 Å². The zero-order chi connectivity index (χ0) is 16.9. The van der Waals surface area contributed by atoms with Crippen LogP contribution in [-0.4, -0.2) is 16.7 Å². The SMILES string of the molecule is CC(=O)c1sc(NC(=O)C=Cc2ccco2)nc1-c1ccccc1. The molecule has 2 heterocycles. The first-order chi connectivity index (χ1) is 11.6. The second kappa shape index (κ2) is 7.06. The van der Waals surface area contributed by atoms with E-state index >= 15 is 0 Å². The molecule has 1 amide bonds. The molecule has 0 aliphatic carbocycles. The van der Waals surface area contributed by atoms with Crippen LogP contribution in [0.15, 0.2) is 59.2 Å². The van der Waals surface area contributed by atoms with Gasteiger partial charge in [0.1, 0.15) is 5.76 Å². The summed E-state index contributed by atoms with van der Waals surface area (Å²) in [6.07, 6.45) is 4.45. The number of carbonyl (C=O) groups excluding carboxylic acids is 2. The van der Waals surface area contributed by atoms with Crippen molar-refractivity contribution in [1.82, 2.24) is 4.98 Å². The fourth-order valence-corrected chi connectivity index (χ4v) is 2.98. The molecule has 6 heteroatoms. The van der Waals surface area contributed by atoms with Crippen LogP contribution in [0.5, 0.6) is 0 Å². The highest BCUT2D eigenvalue weighted by atomic mass is 32.1. The summed E-state index contributed by atoms with van der Waals surface area (Å²) in [7, 11) is 0. The van der Waals surface area contributed by atoms with Gasteiger partial charge in [0.2, 0.25) is 5.91 Å². The number of carbonyl (C=O) groups is 2. The van der Waals surface area contributed by atoms with Crippen LogP contribution in [0.1, 0.15) is 22.4 Å². The minimum Gasteiger partial charge on any atom is -0.465 e. The largest absolute Gasteiger partial charge is 0.465 e. The van der Waals surface area contributed by atoms with Crippen LogP contribution in [0.25, 0.3) is 17.3 Å². The van der Waals surface area contributed by atoms with E-state index in [1.807, 2.05) is 30.3 Å². The van der Waals surface area contributed by atoms with E-state index in [4.69, 9.17) is 4.42 Å². The molecule has 0 saturated heterocycles. The van der Waals surface area contributed by atoms with Crippen LogP contribution in [-0.2, 0) is 4.79 Å². The van der Waals surface area contributed by atoms with Crippen LogP contribution < -0.4 is 5.32 Å². The van der Waals surface area contributed by atoms with Gasteiger partial charge in [0.05, 0.1) is 16.8 Å². The molecular weight excluding hydrogens is 324 g/mol. The summed E-state index contributed by atoms with van der Waals surface area (Å²) in [6.45, 7) is 1.49. The lowest BCUT2D eigenvalue weighted by Crippen LogP contribution is -2.07. The van der Waals surface area contributed by atoms with Crippen molar-refractivity contribution < 1.29 is 14.0 Å². The molecule has 0 bridgehead atoms. The van der Waals surface area contributed by atoms with Crippen LogP contribution in [0, 0.1) is 0 Å². The van der Waals surface area contributed by atoms with E-state index in [2.05, 4.69) is 10.3 Å². The Bertz CT molecular complexity index is 880. The fourth-order valence-electron chi connectivity index (χ4n) is 2.09. The van der Waals surface area contributed by atoms with Crippen molar-refractivity contribution in [3.8, 4) is 11.3 Å². The van der Waals surface area contributed by atoms with Crippen molar-refractivity contribution in [1.29, 1.82) is 0 Å². The van der Waals surface area contributed by atoms with Crippen molar-refractivity contribution in [2.45, 2.75) is 6.92 Å². The minimum atomic E-state index is -0.338. The van der Waals surface area contributed by atoms with E-state index in [0.29, 0.717) is 21.5 Å². The van der Waals surface area contributed by atoms with E-state index in [0.717, 1.165) is 16.9 Å². The van der Waals surface area contributed by atoms with Crippen LogP contribution in [0.3, 0.4) is 0 Å². The van der Waals surface area contributed by atoms with Gasteiger partial charge < -0.3 is 4.42 Å². The number of amides is 1. The van der Waals surface area contributed by atoms with E-state index in [-0.39, 0.29) is 11.7 Å². The highest BCUT2D eigenvalue weighted by Crippen LogP contribution is 2.31. The summed E-state index contributed by atoms with van der Waals surface area (Å²) in [4.78, 5) is 28.7. The second-order valence-corrected chi connectivity index (χ2v) is 5.96. The molecule has 1 N–H and O–H groups in total. The van der Waals surface area contributed by atoms with E-state index in [9.17, 15) is 9.59 Å². The average molecular weight is 338 g/mol. The Morgan fingerprint density at radius 3 is 2.62 bits per heavy atom. The highest BCUT2D eigenvalue weighted by Gasteiger charge is 2.17. The summed E-state index contributed by atoms with van der Waals surface area (Å²) in [5.74, 6) is 0.159. The lowest BCUT2D eigenvalue weighted by Gasteiger charge is -1.98. The summed E-state index contributed by atoms with van der Waals surface area (Å²) in [5.41, 5.74) is 1.42. The maximum atomic E-state index is 12.0. The molecule has 0 unspecified atom stereocenters. The first-order valence-corrected chi connectivity index (χ1v) is 8.05. The number of benzene rings is 1. The number of thiazole rings is 1. The highest BCUT2D eigenvalue weighted by molar-refractivity contribution is 7.18. The Labute approximate surface area is 142 Å². The first kappa shape index (κ1) is 15.9. The minimum absolute atomic E-state index is 0.0852. The van der Waals surface area contributed by atoms with Gasteiger partial charge in [0.15, 0.2) is 10.9 Å². The number of nitrogens with one attached hydrogen (secondary N) is 1. The summed E-state index contributed by atoms with van der Waals surface area (Å²) >= 11 is 1.16. The molecule has 0 radical (unpaired) electrons. The molecule has 3 rings (SSSR count). The summed E-state index contributed by atoms with van der Waals surface area (Å²) in [6, 6.07) is 12.9. The van der Waals surface area contributed by atoms with Crippen LogP contribution in [0.2, 0.25) is 0 Å². The molecule has 0 aliphatic rings. The predicted octanol–water partition coefficient (Wildman–Crippen LogP) is 4.26. The quantitative estimate of drug-likeness (QED) is 0.557. The van der Waals surface area contributed by atoms with Crippen molar-refractivity contribution >= 4 is 34.2 Å². The Hall–Kier alpha value is -2.99. The molecule has 120 valence electrons. The van der Waals surface area contributed by atoms with E-state index < -0.39 is 0 Å². The van der Waals surface area contributed by atoms with Gasteiger partial charge in [0, 0.05) is 18.6 Å². The monoisotopic (exact) mass is 338 g/mol. The van der Waals surface area contributed by atoms with Crippen LogP contribution >= 0.6 is 11.3 Å². The van der Waals surface area contributed by atoms with Crippen molar-refractivity contribution in [2.24, 2.45) is 0 Å². The smallest absolute Gasteiger partial charge is 0.250 e. The zero-order valence-electron chi connectivity index (χ0n) is 12.9. The second-order valence-electron chi connectivity index (χ2n) is 4.96. The predicted molar refractivity (Wildman–Crippen MR) is 93.9 cm³/mol. The molecule has 0 saturated carbocycles. The maximum absolute atomic E-state index is 12.0. The molecule has 5 nitrogen and oxygen atoms in total. The number of aromatic nitrogens is 1. The molecule has 1 aromatic carbocycles. The maximum Gasteiger partial charge on any atom is 0.250 e. The van der Waals surface area contributed by atoms with Crippen LogP contribution in [0.4, 0.5) is 5.13 Å². The van der Waals surface area contributed by atoms with Crippen molar-refractivity contribution in [3.05, 3.63) is 65.4 Å². The van der Waals surface area contributed by atoms with Gasteiger partial charge in [-0.05, 0) is 18.2 Å². The van der Waals surface area contributed by atoms with Gasteiger partial charge in [-0.25, -0.2) is 4.98 Å². The number of hydrogen-bond donors (Lipinski definition) is 1. The summed E-state index contributed by atoms with van der Waals surface area (Å²) < 4.78 is 5.12. The number of rotatable bonds is 5. The number of hydrogen-bond acceptors (Lipinski definition) is 5.